The topological polar surface area (TPSA) is 93.8 Å². The first-order valence-electron chi connectivity index (χ1n) is 5.68. The van der Waals surface area contributed by atoms with Gasteiger partial charge in [0, 0.05) is 31.2 Å². The summed E-state index contributed by atoms with van der Waals surface area (Å²) in [5, 5.41) is 17.0. The van der Waals surface area contributed by atoms with Crippen LogP contribution in [-0.2, 0) is 15.2 Å². The Balaban J connectivity index is 2.26. The van der Waals surface area contributed by atoms with Crippen molar-refractivity contribution in [2.75, 3.05) is 7.05 Å². The van der Waals surface area contributed by atoms with Crippen LogP contribution in [0.3, 0.4) is 0 Å². The molecule has 0 radical (unpaired) electrons. The summed E-state index contributed by atoms with van der Waals surface area (Å²) in [6.07, 6.45) is 0.272. The summed E-state index contributed by atoms with van der Waals surface area (Å²) in [6.45, 7) is 1.74. The van der Waals surface area contributed by atoms with E-state index in [0.29, 0.717) is 5.56 Å². The molecule has 7 heteroatoms. The zero-order chi connectivity index (χ0) is 14.0. The molecule has 19 heavy (non-hydrogen) atoms. The van der Waals surface area contributed by atoms with Crippen LogP contribution in [0.25, 0.3) is 0 Å². The zero-order valence-corrected chi connectivity index (χ0v) is 10.5. The number of nitrogens with one attached hydrogen (secondary N) is 1. The lowest BCUT2D eigenvalue weighted by Crippen LogP contribution is -2.30. The van der Waals surface area contributed by atoms with Gasteiger partial charge in [0.1, 0.15) is 5.71 Å². The van der Waals surface area contributed by atoms with E-state index in [-0.39, 0.29) is 23.7 Å². The van der Waals surface area contributed by atoms with E-state index < -0.39 is 10.5 Å². The van der Waals surface area contributed by atoms with Crippen LogP contribution in [0.2, 0.25) is 0 Å². The standard InChI is InChI=1S/C12H13N3O4/c1-12(7-10(14-19-12)11(16)13-2)8-4-3-5-9(6-8)15(17)18/h3-6H,7H2,1-2H3,(H,13,16)/t12-/m0/s1. The zero-order valence-electron chi connectivity index (χ0n) is 10.5. The highest BCUT2D eigenvalue weighted by atomic mass is 16.7. The minimum Gasteiger partial charge on any atom is -0.384 e. The molecular weight excluding hydrogens is 250 g/mol. The molecule has 0 bridgehead atoms. The van der Waals surface area contributed by atoms with Gasteiger partial charge in [0.25, 0.3) is 11.6 Å². The number of carbonyl (C=O) groups excluding carboxylic acids is 1. The average Bonchev–Trinajstić information content (AvgIpc) is 2.82. The van der Waals surface area contributed by atoms with Crippen molar-refractivity contribution >= 4 is 17.3 Å². The Morgan fingerprint density at radius 2 is 2.32 bits per heavy atom. The molecule has 0 unspecified atom stereocenters. The van der Waals surface area contributed by atoms with Crippen molar-refractivity contribution in [3.05, 3.63) is 39.9 Å². The molecule has 1 amide bonds. The van der Waals surface area contributed by atoms with Gasteiger partial charge in [0.2, 0.25) is 0 Å². The van der Waals surface area contributed by atoms with Crippen molar-refractivity contribution in [1.82, 2.24) is 5.32 Å². The summed E-state index contributed by atoms with van der Waals surface area (Å²) >= 11 is 0. The van der Waals surface area contributed by atoms with E-state index in [9.17, 15) is 14.9 Å². The first-order valence-corrected chi connectivity index (χ1v) is 5.68. The van der Waals surface area contributed by atoms with Crippen molar-refractivity contribution in [3.63, 3.8) is 0 Å². The highest BCUT2D eigenvalue weighted by Crippen LogP contribution is 2.35. The third-order valence-corrected chi connectivity index (χ3v) is 3.02. The molecule has 1 aromatic rings. The van der Waals surface area contributed by atoms with E-state index in [1.54, 1.807) is 19.1 Å². The summed E-state index contributed by atoms with van der Waals surface area (Å²) in [6, 6.07) is 6.14. The Hall–Kier alpha value is -2.44. The molecule has 1 atom stereocenters. The molecule has 0 saturated heterocycles. The number of nitro benzene ring substituents is 1. The third-order valence-electron chi connectivity index (χ3n) is 3.02. The lowest BCUT2D eigenvalue weighted by Gasteiger charge is -2.21. The van der Waals surface area contributed by atoms with Crippen LogP contribution in [0.5, 0.6) is 0 Å². The third kappa shape index (κ3) is 2.40. The molecule has 1 N–H and O–H groups in total. The smallest absolute Gasteiger partial charge is 0.269 e. The van der Waals surface area contributed by atoms with Gasteiger partial charge in [-0.15, -0.1) is 0 Å². The fourth-order valence-electron chi connectivity index (χ4n) is 1.91. The van der Waals surface area contributed by atoms with Crippen LogP contribution < -0.4 is 5.32 Å². The molecule has 1 aliphatic heterocycles. The predicted molar refractivity (Wildman–Crippen MR) is 67.7 cm³/mol. The van der Waals surface area contributed by atoms with Gasteiger partial charge in [-0.2, -0.15) is 0 Å². The monoisotopic (exact) mass is 263 g/mol. The van der Waals surface area contributed by atoms with Crippen LogP contribution in [0.4, 0.5) is 5.69 Å². The molecule has 1 aromatic carbocycles. The molecule has 1 aliphatic rings. The number of benzene rings is 1. The molecule has 0 saturated carbocycles. The van der Waals surface area contributed by atoms with Crippen LogP contribution in [0.1, 0.15) is 18.9 Å². The molecule has 0 aromatic heterocycles. The number of nitrogens with zero attached hydrogens (tertiary/aromatic N) is 2. The van der Waals surface area contributed by atoms with E-state index >= 15 is 0 Å². The fourth-order valence-corrected chi connectivity index (χ4v) is 1.91. The average molecular weight is 263 g/mol. The Bertz CT molecular complexity index is 570. The second kappa shape index (κ2) is 4.68. The quantitative estimate of drug-likeness (QED) is 0.657. The molecule has 0 spiro atoms. The lowest BCUT2D eigenvalue weighted by molar-refractivity contribution is -0.385. The number of amides is 1. The van der Waals surface area contributed by atoms with E-state index in [4.69, 9.17) is 4.84 Å². The van der Waals surface area contributed by atoms with E-state index in [1.165, 1.54) is 19.2 Å². The summed E-state index contributed by atoms with van der Waals surface area (Å²) < 4.78 is 0. The van der Waals surface area contributed by atoms with Crippen LogP contribution >= 0.6 is 0 Å². The number of hydrogen-bond acceptors (Lipinski definition) is 5. The van der Waals surface area contributed by atoms with Gasteiger partial charge in [0.15, 0.2) is 5.60 Å². The first kappa shape index (κ1) is 13.0. The molecule has 0 fully saturated rings. The van der Waals surface area contributed by atoms with Crippen molar-refractivity contribution in [2.24, 2.45) is 5.16 Å². The summed E-state index contributed by atoms with van der Waals surface area (Å²) in [4.78, 5) is 27.1. The molecular formula is C12H13N3O4. The molecule has 7 nitrogen and oxygen atoms in total. The molecule has 0 aliphatic carbocycles. The highest BCUT2D eigenvalue weighted by molar-refractivity contribution is 6.39. The normalized spacial score (nSPS) is 21.5. The molecule has 2 rings (SSSR count). The van der Waals surface area contributed by atoms with Crippen molar-refractivity contribution in [3.8, 4) is 0 Å². The van der Waals surface area contributed by atoms with Crippen molar-refractivity contribution in [2.45, 2.75) is 18.9 Å². The fraction of sp³-hybridized carbons (Fsp3) is 0.333. The Labute approximate surface area is 109 Å². The van der Waals surface area contributed by atoms with Crippen LogP contribution in [0.15, 0.2) is 29.4 Å². The molecule has 100 valence electrons. The second-order valence-corrected chi connectivity index (χ2v) is 4.42. The number of non-ortho nitro benzene ring substituents is 1. The van der Waals surface area contributed by atoms with Gasteiger partial charge in [-0.25, -0.2) is 0 Å². The SMILES string of the molecule is CNC(=O)C1=NO[C@](C)(c2cccc([N+](=O)[O-])c2)C1. The summed E-state index contributed by atoms with van der Waals surface area (Å²) in [5.74, 6) is -0.311. The lowest BCUT2D eigenvalue weighted by atomic mass is 9.90. The number of rotatable bonds is 3. The van der Waals surface area contributed by atoms with E-state index in [0.717, 1.165) is 0 Å². The van der Waals surface area contributed by atoms with E-state index in [2.05, 4.69) is 10.5 Å². The number of hydrogen-bond donors (Lipinski definition) is 1. The van der Waals surface area contributed by atoms with Gasteiger partial charge < -0.3 is 10.2 Å². The second-order valence-electron chi connectivity index (χ2n) is 4.42. The highest BCUT2D eigenvalue weighted by Gasteiger charge is 2.39. The van der Waals surface area contributed by atoms with Crippen LogP contribution in [0, 0.1) is 10.1 Å². The Morgan fingerprint density at radius 1 is 1.58 bits per heavy atom. The summed E-state index contributed by atoms with van der Waals surface area (Å²) in [7, 11) is 1.51. The largest absolute Gasteiger partial charge is 0.384 e. The molecule has 1 heterocycles. The Morgan fingerprint density at radius 3 is 2.95 bits per heavy atom. The van der Waals surface area contributed by atoms with Gasteiger partial charge in [-0.3, -0.25) is 14.9 Å². The van der Waals surface area contributed by atoms with Crippen LogP contribution in [-0.4, -0.2) is 23.6 Å². The maximum atomic E-state index is 11.5. The van der Waals surface area contributed by atoms with Gasteiger partial charge >= 0.3 is 0 Å². The minimum atomic E-state index is -0.853. The number of nitro groups is 1. The van der Waals surface area contributed by atoms with E-state index in [1.807, 2.05) is 0 Å². The van der Waals surface area contributed by atoms with Crippen molar-refractivity contribution < 1.29 is 14.6 Å². The van der Waals surface area contributed by atoms with Gasteiger partial charge in [-0.1, -0.05) is 17.3 Å². The van der Waals surface area contributed by atoms with Gasteiger partial charge in [0.05, 0.1) is 4.92 Å². The maximum Gasteiger partial charge on any atom is 0.269 e. The Kier molecular flexibility index (Phi) is 3.20. The minimum absolute atomic E-state index is 0.0179. The summed E-state index contributed by atoms with van der Waals surface area (Å²) in [5.41, 5.74) is 0.0185. The van der Waals surface area contributed by atoms with Gasteiger partial charge in [-0.05, 0) is 6.92 Å². The number of oxime groups is 1. The number of carbonyl (C=O) groups is 1. The maximum absolute atomic E-state index is 11.5. The van der Waals surface area contributed by atoms with Crippen molar-refractivity contribution in [1.29, 1.82) is 0 Å². The predicted octanol–water partition coefficient (Wildman–Crippen LogP) is 1.33. The first-order chi connectivity index (χ1) is 8.96.